The Kier molecular flexibility index (Phi) is 3.61. The van der Waals surface area contributed by atoms with Crippen molar-refractivity contribution in [3.63, 3.8) is 0 Å². The molecular formula is C11H15N5O4S. The van der Waals surface area contributed by atoms with Gasteiger partial charge in [-0.2, -0.15) is 16.7 Å². The normalized spacial score (nSPS) is 29.3. The summed E-state index contributed by atoms with van der Waals surface area (Å²) in [5.41, 5.74) is 5.36. The molecule has 0 spiro atoms. The molecule has 4 unspecified atom stereocenters. The average Bonchev–Trinajstić information content (AvgIpc) is 2.96. The average molecular weight is 313 g/mol. The maximum atomic E-state index is 11.7. The van der Waals surface area contributed by atoms with Crippen LogP contribution < -0.4 is 11.3 Å². The van der Waals surface area contributed by atoms with Gasteiger partial charge in [-0.25, -0.2) is 4.98 Å². The summed E-state index contributed by atoms with van der Waals surface area (Å²) >= 11 is 1.50. The van der Waals surface area contributed by atoms with Crippen LogP contribution >= 0.6 is 11.8 Å². The number of aliphatic hydroxyl groups is 2. The SMILES string of the molecule is CSCC1OC(n2cnc3c(=O)[nH]c(N)nc32)C(O)C1O. The Morgan fingerprint density at radius 2 is 2.29 bits per heavy atom. The number of aromatic nitrogens is 4. The van der Waals surface area contributed by atoms with Crippen LogP contribution in [-0.4, -0.2) is 60.1 Å². The number of nitrogen functional groups attached to an aromatic ring is 1. The van der Waals surface area contributed by atoms with E-state index >= 15 is 0 Å². The number of aromatic amines is 1. The molecule has 3 rings (SSSR count). The number of anilines is 1. The molecule has 1 fully saturated rings. The predicted octanol–water partition coefficient (Wildman–Crippen LogP) is -1.32. The third-order valence-corrected chi connectivity index (χ3v) is 4.05. The van der Waals surface area contributed by atoms with E-state index in [9.17, 15) is 15.0 Å². The smallest absolute Gasteiger partial charge is 0.280 e. The molecule has 114 valence electrons. The van der Waals surface area contributed by atoms with E-state index in [1.807, 2.05) is 6.26 Å². The molecule has 0 aliphatic carbocycles. The highest BCUT2D eigenvalue weighted by molar-refractivity contribution is 7.98. The van der Waals surface area contributed by atoms with Gasteiger partial charge in [-0.05, 0) is 6.26 Å². The van der Waals surface area contributed by atoms with E-state index in [0.29, 0.717) is 5.75 Å². The number of H-pyrrole nitrogens is 1. The van der Waals surface area contributed by atoms with Crippen LogP contribution in [0.2, 0.25) is 0 Å². The third kappa shape index (κ3) is 2.29. The Morgan fingerprint density at radius 1 is 1.52 bits per heavy atom. The fourth-order valence-corrected chi connectivity index (χ4v) is 2.99. The first-order valence-corrected chi connectivity index (χ1v) is 7.65. The molecule has 0 saturated carbocycles. The van der Waals surface area contributed by atoms with Gasteiger partial charge in [-0.3, -0.25) is 14.3 Å². The van der Waals surface area contributed by atoms with Crippen molar-refractivity contribution in [3.05, 3.63) is 16.7 Å². The second-order valence-corrected chi connectivity index (χ2v) is 5.69. The number of nitrogens with two attached hydrogens (primary N) is 1. The molecule has 2 aromatic rings. The minimum Gasteiger partial charge on any atom is -0.387 e. The number of nitrogens with one attached hydrogen (secondary N) is 1. The molecule has 5 N–H and O–H groups in total. The summed E-state index contributed by atoms with van der Waals surface area (Å²) < 4.78 is 7.08. The predicted molar refractivity (Wildman–Crippen MR) is 76.9 cm³/mol. The quantitative estimate of drug-likeness (QED) is 0.547. The van der Waals surface area contributed by atoms with Crippen LogP contribution in [-0.2, 0) is 4.74 Å². The van der Waals surface area contributed by atoms with Crippen molar-refractivity contribution >= 4 is 28.9 Å². The van der Waals surface area contributed by atoms with E-state index in [4.69, 9.17) is 10.5 Å². The Labute approximate surface area is 123 Å². The van der Waals surface area contributed by atoms with Crippen LogP contribution in [0.4, 0.5) is 5.95 Å². The molecule has 0 radical (unpaired) electrons. The standard InChI is InChI=1S/C11H15N5O4S/c1-21-2-4-6(17)7(18)10(20-4)16-3-13-5-8(16)14-11(12)15-9(5)19/h3-4,6-7,10,17-18H,2H2,1H3,(H3,12,14,15,19). The minimum atomic E-state index is -1.14. The van der Waals surface area contributed by atoms with Crippen molar-refractivity contribution < 1.29 is 14.9 Å². The first-order chi connectivity index (χ1) is 10.0. The van der Waals surface area contributed by atoms with Gasteiger partial charge < -0.3 is 20.7 Å². The van der Waals surface area contributed by atoms with Gasteiger partial charge >= 0.3 is 0 Å². The number of imidazole rings is 1. The number of hydrogen-bond donors (Lipinski definition) is 4. The van der Waals surface area contributed by atoms with Gasteiger partial charge in [-0.15, -0.1) is 0 Å². The van der Waals surface area contributed by atoms with Crippen LogP contribution in [0.3, 0.4) is 0 Å². The largest absolute Gasteiger partial charge is 0.387 e. The fourth-order valence-electron chi connectivity index (χ4n) is 2.39. The zero-order chi connectivity index (χ0) is 15.1. The highest BCUT2D eigenvalue weighted by atomic mass is 32.2. The van der Waals surface area contributed by atoms with Crippen molar-refractivity contribution in [2.24, 2.45) is 0 Å². The van der Waals surface area contributed by atoms with Crippen molar-refractivity contribution in [2.75, 3.05) is 17.7 Å². The number of aliphatic hydroxyl groups excluding tert-OH is 2. The van der Waals surface area contributed by atoms with E-state index in [0.717, 1.165) is 0 Å². The van der Waals surface area contributed by atoms with Gasteiger partial charge in [0.05, 0.1) is 12.4 Å². The van der Waals surface area contributed by atoms with E-state index in [2.05, 4.69) is 15.0 Å². The van der Waals surface area contributed by atoms with Gasteiger partial charge in [0.1, 0.15) is 12.2 Å². The Morgan fingerprint density at radius 3 is 3.00 bits per heavy atom. The molecule has 21 heavy (non-hydrogen) atoms. The molecule has 2 aromatic heterocycles. The van der Waals surface area contributed by atoms with E-state index < -0.39 is 30.1 Å². The fraction of sp³-hybridized carbons (Fsp3) is 0.545. The summed E-state index contributed by atoms with van der Waals surface area (Å²) in [7, 11) is 0. The molecule has 9 nitrogen and oxygen atoms in total. The van der Waals surface area contributed by atoms with Crippen molar-refractivity contribution in [3.8, 4) is 0 Å². The Hall–Kier alpha value is -1.62. The third-order valence-electron chi connectivity index (χ3n) is 3.39. The van der Waals surface area contributed by atoms with Gasteiger partial charge in [0.15, 0.2) is 17.4 Å². The minimum absolute atomic E-state index is 0.0528. The summed E-state index contributed by atoms with van der Waals surface area (Å²) in [4.78, 5) is 22.1. The highest BCUT2D eigenvalue weighted by Crippen LogP contribution is 2.32. The second-order valence-electron chi connectivity index (χ2n) is 4.78. The molecule has 4 atom stereocenters. The van der Waals surface area contributed by atoms with Gasteiger partial charge in [-0.1, -0.05) is 0 Å². The number of ether oxygens (including phenoxy) is 1. The van der Waals surface area contributed by atoms with Crippen molar-refractivity contribution in [1.82, 2.24) is 19.5 Å². The number of fused-ring (bicyclic) bond motifs is 1. The molecule has 1 aliphatic heterocycles. The zero-order valence-electron chi connectivity index (χ0n) is 11.1. The summed E-state index contributed by atoms with van der Waals surface area (Å²) in [5.74, 6) is 0.486. The van der Waals surface area contributed by atoms with Gasteiger partial charge in [0.2, 0.25) is 5.95 Å². The summed E-state index contributed by atoms with van der Waals surface area (Å²) in [6, 6.07) is 0. The van der Waals surface area contributed by atoms with Crippen LogP contribution in [0.5, 0.6) is 0 Å². The second kappa shape index (κ2) is 5.30. The number of thioether (sulfide) groups is 1. The topological polar surface area (TPSA) is 139 Å². The van der Waals surface area contributed by atoms with E-state index in [1.54, 1.807) is 0 Å². The molecule has 0 aromatic carbocycles. The van der Waals surface area contributed by atoms with Crippen molar-refractivity contribution in [2.45, 2.75) is 24.5 Å². The van der Waals surface area contributed by atoms with Gasteiger partial charge in [0, 0.05) is 5.75 Å². The summed E-state index contributed by atoms with van der Waals surface area (Å²) in [6.45, 7) is 0. The van der Waals surface area contributed by atoms with Crippen LogP contribution in [0.25, 0.3) is 11.2 Å². The Balaban J connectivity index is 2.03. The number of rotatable bonds is 3. The lowest BCUT2D eigenvalue weighted by Crippen LogP contribution is -2.32. The number of hydrogen-bond acceptors (Lipinski definition) is 8. The van der Waals surface area contributed by atoms with E-state index in [-0.39, 0.29) is 17.1 Å². The summed E-state index contributed by atoms with van der Waals surface area (Å²) in [5, 5.41) is 20.2. The molecule has 1 saturated heterocycles. The first kappa shape index (κ1) is 14.3. The highest BCUT2D eigenvalue weighted by Gasteiger charge is 2.44. The molecule has 1 aliphatic rings. The van der Waals surface area contributed by atoms with Crippen LogP contribution in [0.15, 0.2) is 11.1 Å². The lowest BCUT2D eigenvalue weighted by molar-refractivity contribution is -0.0288. The maximum Gasteiger partial charge on any atom is 0.280 e. The molecular weight excluding hydrogens is 298 g/mol. The zero-order valence-corrected chi connectivity index (χ0v) is 11.9. The number of nitrogens with zero attached hydrogens (tertiary/aromatic N) is 3. The van der Waals surface area contributed by atoms with Crippen molar-refractivity contribution in [1.29, 1.82) is 0 Å². The molecule has 3 heterocycles. The molecule has 10 heteroatoms. The molecule has 0 amide bonds. The lowest BCUT2D eigenvalue weighted by Gasteiger charge is -2.16. The Bertz CT molecular complexity index is 716. The molecule has 0 bridgehead atoms. The van der Waals surface area contributed by atoms with Crippen LogP contribution in [0.1, 0.15) is 6.23 Å². The van der Waals surface area contributed by atoms with Crippen LogP contribution in [0, 0.1) is 0 Å². The first-order valence-electron chi connectivity index (χ1n) is 6.25. The maximum absolute atomic E-state index is 11.7. The summed E-state index contributed by atoms with van der Waals surface area (Å²) in [6.07, 6.45) is -0.299. The monoisotopic (exact) mass is 313 g/mol. The van der Waals surface area contributed by atoms with E-state index in [1.165, 1.54) is 22.7 Å². The lowest BCUT2D eigenvalue weighted by atomic mass is 10.1. The van der Waals surface area contributed by atoms with Gasteiger partial charge in [0.25, 0.3) is 5.56 Å².